The number of nitrogens with zero attached hydrogens (tertiary/aromatic N) is 2. The molecule has 1 aliphatic carbocycles. The first kappa shape index (κ1) is 20.2. The first-order valence-electron chi connectivity index (χ1n) is 11.8. The molecule has 5 fully saturated rings. The number of hydrogen-bond acceptors (Lipinski definition) is 7. The zero-order chi connectivity index (χ0) is 19.6. The van der Waals surface area contributed by atoms with Crippen LogP contribution in [0.25, 0.3) is 0 Å². The number of morpholine rings is 1. The number of hydroxylamine groups is 1. The van der Waals surface area contributed by atoms with Gasteiger partial charge in [0.2, 0.25) is 5.91 Å². The highest BCUT2D eigenvalue weighted by Crippen LogP contribution is 2.31. The van der Waals surface area contributed by atoms with E-state index in [-0.39, 0.29) is 12.4 Å². The summed E-state index contributed by atoms with van der Waals surface area (Å²) in [5, 5.41) is 7.53. The highest BCUT2D eigenvalue weighted by molar-refractivity contribution is 5.79. The molecule has 4 heterocycles. The maximum absolute atomic E-state index is 12.5. The summed E-state index contributed by atoms with van der Waals surface area (Å²) in [4.78, 5) is 23.1. The SMILES string of the molecule is O=C(C1CCC1)N1CCC(C2NOC(C3CCCC(N4CCOCC4)N3)N2)CC1. The quantitative estimate of drug-likeness (QED) is 0.630. The fourth-order valence-corrected chi connectivity index (χ4v) is 5.55. The van der Waals surface area contributed by atoms with Crippen molar-refractivity contribution in [1.82, 2.24) is 25.9 Å². The second-order valence-electron chi connectivity index (χ2n) is 9.46. The molecule has 8 heteroatoms. The van der Waals surface area contributed by atoms with Crippen molar-refractivity contribution in [2.75, 3.05) is 39.4 Å². The molecule has 1 saturated carbocycles. The zero-order valence-corrected chi connectivity index (χ0v) is 17.5. The molecule has 164 valence electrons. The Labute approximate surface area is 174 Å². The van der Waals surface area contributed by atoms with Crippen molar-refractivity contribution >= 4 is 5.91 Å². The maximum Gasteiger partial charge on any atom is 0.225 e. The van der Waals surface area contributed by atoms with E-state index in [0.29, 0.717) is 30.0 Å². The Morgan fingerprint density at radius 3 is 2.34 bits per heavy atom. The summed E-state index contributed by atoms with van der Waals surface area (Å²) in [7, 11) is 0. The van der Waals surface area contributed by atoms with E-state index in [1.54, 1.807) is 0 Å². The molecule has 4 unspecified atom stereocenters. The van der Waals surface area contributed by atoms with E-state index in [2.05, 4.69) is 25.9 Å². The largest absolute Gasteiger partial charge is 0.379 e. The van der Waals surface area contributed by atoms with E-state index in [4.69, 9.17) is 9.57 Å². The van der Waals surface area contributed by atoms with E-state index >= 15 is 0 Å². The fraction of sp³-hybridized carbons (Fsp3) is 0.952. The fourth-order valence-electron chi connectivity index (χ4n) is 5.55. The molecule has 0 aromatic rings. The molecule has 8 nitrogen and oxygen atoms in total. The van der Waals surface area contributed by atoms with Crippen LogP contribution in [0.2, 0.25) is 0 Å². The number of carbonyl (C=O) groups is 1. The Kier molecular flexibility index (Phi) is 6.36. The molecule has 29 heavy (non-hydrogen) atoms. The number of likely N-dealkylation sites (tertiary alicyclic amines) is 1. The van der Waals surface area contributed by atoms with Gasteiger partial charge in [-0.05, 0) is 50.9 Å². The molecule has 4 saturated heterocycles. The van der Waals surface area contributed by atoms with Gasteiger partial charge in [-0.3, -0.25) is 25.2 Å². The second-order valence-corrected chi connectivity index (χ2v) is 9.46. The molecule has 5 rings (SSSR count). The van der Waals surface area contributed by atoms with Gasteiger partial charge in [0.1, 0.15) is 6.23 Å². The molecule has 0 bridgehead atoms. The Morgan fingerprint density at radius 2 is 1.62 bits per heavy atom. The minimum atomic E-state index is 0.0125. The van der Waals surface area contributed by atoms with Crippen LogP contribution in [0.4, 0.5) is 0 Å². The molecule has 5 aliphatic rings. The van der Waals surface area contributed by atoms with Gasteiger partial charge in [-0.1, -0.05) is 6.42 Å². The van der Waals surface area contributed by atoms with Gasteiger partial charge < -0.3 is 9.64 Å². The highest BCUT2D eigenvalue weighted by Gasteiger charge is 2.40. The summed E-state index contributed by atoms with van der Waals surface area (Å²) < 4.78 is 5.50. The Bertz CT molecular complexity index is 561. The maximum atomic E-state index is 12.5. The molecule has 0 aromatic carbocycles. The normalized spacial score (nSPS) is 38.1. The number of nitrogens with one attached hydrogen (secondary N) is 3. The van der Waals surface area contributed by atoms with Crippen LogP contribution in [-0.4, -0.2) is 79.7 Å². The average Bonchev–Trinajstić information content (AvgIpc) is 3.24. The lowest BCUT2D eigenvalue weighted by Gasteiger charge is -2.41. The van der Waals surface area contributed by atoms with Crippen molar-refractivity contribution in [3.63, 3.8) is 0 Å². The molecule has 4 atom stereocenters. The van der Waals surface area contributed by atoms with E-state index in [1.807, 2.05) is 0 Å². The van der Waals surface area contributed by atoms with E-state index < -0.39 is 0 Å². The third kappa shape index (κ3) is 4.48. The Balaban J connectivity index is 1.08. The van der Waals surface area contributed by atoms with Crippen molar-refractivity contribution in [2.45, 2.75) is 76.0 Å². The molecule has 1 amide bonds. The van der Waals surface area contributed by atoms with Crippen LogP contribution in [0.3, 0.4) is 0 Å². The van der Waals surface area contributed by atoms with Crippen LogP contribution in [0.1, 0.15) is 51.4 Å². The molecular weight excluding hydrogens is 370 g/mol. The van der Waals surface area contributed by atoms with Gasteiger partial charge in [-0.25, -0.2) is 0 Å². The van der Waals surface area contributed by atoms with Crippen LogP contribution >= 0.6 is 0 Å². The van der Waals surface area contributed by atoms with Gasteiger partial charge in [-0.15, -0.1) is 0 Å². The predicted molar refractivity (Wildman–Crippen MR) is 109 cm³/mol. The van der Waals surface area contributed by atoms with Gasteiger partial charge in [0.25, 0.3) is 0 Å². The monoisotopic (exact) mass is 407 g/mol. The molecule has 0 spiro atoms. The van der Waals surface area contributed by atoms with Crippen molar-refractivity contribution in [3.05, 3.63) is 0 Å². The highest BCUT2D eigenvalue weighted by atomic mass is 16.7. The Hall–Kier alpha value is -0.770. The summed E-state index contributed by atoms with van der Waals surface area (Å²) in [5.74, 6) is 1.24. The molecule has 4 aliphatic heterocycles. The number of carbonyl (C=O) groups excluding carboxylic acids is 1. The lowest BCUT2D eigenvalue weighted by molar-refractivity contribution is -0.139. The minimum absolute atomic E-state index is 0.0125. The number of rotatable bonds is 4. The average molecular weight is 408 g/mol. The van der Waals surface area contributed by atoms with Crippen molar-refractivity contribution in [1.29, 1.82) is 0 Å². The van der Waals surface area contributed by atoms with Gasteiger partial charge in [0.05, 0.1) is 25.5 Å². The number of hydrogen-bond donors (Lipinski definition) is 3. The van der Waals surface area contributed by atoms with Crippen LogP contribution < -0.4 is 16.1 Å². The third-order valence-corrected chi connectivity index (χ3v) is 7.69. The topological polar surface area (TPSA) is 78.1 Å². The lowest BCUT2D eigenvalue weighted by Crippen LogP contribution is -2.60. The minimum Gasteiger partial charge on any atom is -0.379 e. The van der Waals surface area contributed by atoms with E-state index in [1.165, 1.54) is 19.3 Å². The summed E-state index contributed by atoms with van der Waals surface area (Å²) in [6, 6.07) is 0.328. The predicted octanol–water partition coefficient (Wildman–Crippen LogP) is 0.602. The van der Waals surface area contributed by atoms with Crippen LogP contribution in [0.15, 0.2) is 0 Å². The van der Waals surface area contributed by atoms with Gasteiger partial charge in [0, 0.05) is 38.1 Å². The molecule has 3 N–H and O–H groups in total. The van der Waals surface area contributed by atoms with Gasteiger partial charge >= 0.3 is 0 Å². The first-order chi connectivity index (χ1) is 14.3. The van der Waals surface area contributed by atoms with Gasteiger partial charge in [-0.2, -0.15) is 5.48 Å². The standard InChI is InChI=1S/C21H37N5O3/c27-21(16-3-1-4-16)26-9-7-15(8-10-26)19-23-20(29-24-19)17-5-2-6-18(22-17)25-11-13-28-14-12-25/h15-20,22-24H,1-14H2. The Morgan fingerprint density at radius 1 is 0.862 bits per heavy atom. The van der Waals surface area contributed by atoms with Crippen molar-refractivity contribution < 1.29 is 14.4 Å². The van der Waals surface area contributed by atoms with Crippen LogP contribution in [0.5, 0.6) is 0 Å². The smallest absolute Gasteiger partial charge is 0.225 e. The van der Waals surface area contributed by atoms with Gasteiger partial charge in [0.15, 0.2) is 0 Å². The van der Waals surface area contributed by atoms with Crippen molar-refractivity contribution in [2.24, 2.45) is 11.8 Å². The summed E-state index contributed by atoms with van der Waals surface area (Å²) in [6.45, 7) is 5.50. The third-order valence-electron chi connectivity index (χ3n) is 7.69. The van der Waals surface area contributed by atoms with Crippen LogP contribution in [-0.2, 0) is 14.4 Å². The van der Waals surface area contributed by atoms with Crippen molar-refractivity contribution in [3.8, 4) is 0 Å². The number of piperidine rings is 2. The second kappa shape index (κ2) is 9.16. The summed E-state index contributed by atoms with van der Waals surface area (Å²) >= 11 is 0. The first-order valence-corrected chi connectivity index (χ1v) is 11.8. The number of ether oxygens (including phenoxy) is 1. The summed E-state index contributed by atoms with van der Waals surface area (Å²) in [5.41, 5.74) is 3.27. The zero-order valence-electron chi connectivity index (χ0n) is 17.5. The number of amides is 1. The molecule has 0 aromatic heterocycles. The molecular formula is C21H37N5O3. The lowest BCUT2D eigenvalue weighted by atomic mass is 9.83. The molecule has 0 radical (unpaired) electrons. The van der Waals surface area contributed by atoms with E-state index in [9.17, 15) is 4.79 Å². The van der Waals surface area contributed by atoms with E-state index in [0.717, 1.165) is 71.5 Å². The van der Waals surface area contributed by atoms with Crippen LogP contribution in [0, 0.1) is 11.8 Å². The summed E-state index contributed by atoms with van der Waals surface area (Å²) in [6.07, 6.45) is 9.72.